The molecule has 0 atom stereocenters. The molecule has 5 nitrogen and oxygen atoms in total. The number of benzene rings is 1. The monoisotopic (exact) mass is 218 g/mol. The zero-order valence-corrected chi connectivity index (χ0v) is 8.40. The fourth-order valence-corrected chi connectivity index (χ4v) is 0.988. The number of carbonyl (C=O) groups excluding carboxylic acids is 2. The summed E-state index contributed by atoms with van der Waals surface area (Å²) in [5.41, 5.74) is 2.48. The fraction of sp³-hybridized carbons (Fsp3) is 0.0909. The molecule has 0 aromatic heterocycles. The van der Waals surface area contributed by atoms with E-state index in [-0.39, 0.29) is 6.61 Å². The van der Waals surface area contributed by atoms with Crippen LogP contribution >= 0.6 is 0 Å². The Morgan fingerprint density at radius 3 is 2.94 bits per heavy atom. The number of hydrogen-bond acceptors (Lipinski definition) is 4. The van der Waals surface area contributed by atoms with Crippen LogP contribution in [0, 0.1) is 11.8 Å². The molecule has 1 aromatic carbocycles. The highest BCUT2D eigenvalue weighted by atomic mass is 16.5. The fourth-order valence-electron chi connectivity index (χ4n) is 0.988. The molecular formula is C11H10N2O3. The van der Waals surface area contributed by atoms with Gasteiger partial charge in [-0.25, -0.2) is 5.84 Å². The topological polar surface area (TPSA) is 81.4 Å². The van der Waals surface area contributed by atoms with Crippen LogP contribution in [0.15, 0.2) is 24.3 Å². The molecule has 1 amide bonds. The summed E-state index contributed by atoms with van der Waals surface area (Å²) in [4.78, 5) is 21.0. The summed E-state index contributed by atoms with van der Waals surface area (Å²) in [6.07, 6.45) is 0.489. The van der Waals surface area contributed by atoms with Crippen molar-refractivity contribution in [3.63, 3.8) is 0 Å². The van der Waals surface area contributed by atoms with Gasteiger partial charge in [0.25, 0.3) is 5.91 Å². The highest BCUT2D eigenvalue weighted by Gasteiger charge is 2.03. The average molecular weight is 218 g/mol. The van der Waals surface area contributed by atoms with Crippen molar-refractivity contribution >= 4 is 12.2 Å². The van der Waals surface area contributed by atoms with Crippen molar-refractivity contribution in [1.82, 2.24) is 5.43 Å². The maximum atomic E-state index is 10.9. The molecule has 0 unspecified atom stereocenters. The van der Waals surface area contributed by atoms with E-state index in [1.807, 2.05) is 5.43 Å². The summed E-state index contributed by atoms with van der Waals surface area (Å²) in [5.74, 6) is 9.75. The van der Waals surface area contributed by atoms with Gasteiger partial charge in [-0.1, -0.05) is 18.1 Å². The lowest BCUT2D eigenvalue weighted by atomic mass is 10.2. The van der Waals surface area contributed by atoms with Crippen molar-refractivity contribution in [3.05, 3.63) is 29.8 Å². The second-order valence-electron chi connectivity index (χ2n) is 2.74. The van der Waals surface area contributed by atoms with Gasteiger partial charge in [0.15, 0.2) is 12.9 Å². The molecule has 1 rings (SSSR count). The highest BCUT2D eigenvalue weighted by molar-refractivity contribution is 5.77. The van der Waals surface area contributed by atoms with Crippen LogP contribution < -0.4 is 16.0 Å². The van der Waals surface area contributed by atoms with Crippen LogP contribution in [-0.2, 0) is 9.59 Å². The number of carbonyl (C=O) groups is 2. The molecule has 0 aliphatic heterocycles. The number of amides is 1. The summed E-state index contributed by atoms with van der Waals surface area (Å²) in [6.45, 7) is -0.198. The zero-order valence-electron chi connectivity index (χ0n) is 8.40. The maximum absolute atomic E-state index is 10.9. The van der Waals surface area contributed by atoms with Crippen molar-refractivity contribution in [2.24, 2.45) is 5.84 Å². The van der Waals surface area contributed by atoms with E-state index in [0.29, 0.717) is 17.6 Å². The van der Waals surface area contributed by atoms with Crippen molar-refractivity contribution in [1.29, 1.82) is 0 Å². The number of ether oxygens (including phenoxy) is 1. The molecule has 0 bridgehead atoms. The van der Waals surface area contributed by atoms with Crippen LogP contribution in [0.5, 0.6) is 5.75 Å². The van der Waals surface area contributed by atoms with Gasteiger partial charge in [-0.05, 0) is 18.1 Å². The number of hydrazine groups is 1. The molecule has 1 aromatic rings. The van der Waals surface area contributed by atoms with Crippen LogP contribution in [0.2, 0.25) is 0 Å². The predicted molar refractivity (Wildman–Crippen MR) is 57.2 cm³/mol. The van der Waals surface area contributed by atoms with Crippen molar-refractivity contribution < 1.29 is 14.3 Å². The Bertz CT molecular complexity index is 446. The third-order valence-corrected chi connectivity index (χ3v) is 1.67. The van der Waals surface area contributed by atoms with E-state index in [9.17, 15) is 9.59 Å². The number of aldehydes is 1. The van der Waals surface area contributed by atoms with E-state index in [1.54, 1.807) is 24.3 Å². The molecule has 0 spiro atoms. The standard InChI is InChI=1S/C11H10N2O3/c12-13-11(15)8-16-10-6-2-1-4-9(10)5-3-7-14/h1-2,4,6-7H,8,12H2,(H,13,15). The van der Waals surface area contributed by atoms with Gasteiger partial charge in [0.1, 0.15) is 5.75 Å². The zero-order chi connectivity index (χ0) is 11.8. The lowest BCUT2D eigenvalue weighted by Gasteiger charge is -2.06. The molecule has 0 aliphatic carbocycles. The summed E-state index contributed by atoms with van der Waals surface area (Å²) < 4.78 is 5.18. The minimum atomic E-state index is -0.446. The van der Waals surface area contributed by atoms with E-state index in [0.717, 1.165) is 0 Å². The third kappa shape index (κ3) is 3.44. The molecule has 3 N–H and O–H groups in total. The maximum Gasteiger partial charge on any atom is 0.271 e. The van der Waals surface area contributed by atoms with Crippen molar-refractivity contribution in [2.75, 3.05) is 6.61 Å². The Morgan fingerprint density at radius 2 is 2.25 bits per heavy atom. The SMILES string of the molecule is NNC(=O)COc1ccccc1C#CC=O. The van der Waals surface area contributed by atoms with E-state index >= 15 is 0 Å². The first-order chi connectivity index (χ1) is 7.77. The molecule has 82 valence electrons. The van der Waals surface area contributed by atoms with E-state index in [4.69, 9.17) is 10.6 Å². The summed E-state index contributed by atoms with van der Waals surface area (Å²) in [6, 6.07) is 6.83. The minimum absolute atomic E-state index is 0.198. The Morgan fingerprint density at radius 1 is 1.50 bits per heavy atom. The Hall–Kier alpha value is -2.32. The number of nitrogens with two attached hydrogens (primary N) is 1. The quantitative estimate of drug-likeness (QED) is 0.238. The number of nitrogens with one attached hydrogen (secondary N) is 1. The predicted octanol–water partition coefficient (Wildman–Crippen LogP) is -0.394. The summed E-state index contributed by atoms with van der Waals surface area (Å²) >= 11 is 0. The van der Waals surface area contributed by atoms with Gasteiger partial charge in [-0.15, -0.1) is 0 Å². The lowest BCUT2D eigenvalue weighted by Crippen LogP contribution is -2.34. The molecule has 0 saturated heterocycles. The summed E-state index contributed by atoms with van der Waals surface area (Å²) in [7, 11) is 0. The smallest absolute Gasteiger partial charge is 0.271 e. The van der Waals surface area contributed by atoms with E-state index in [1.165, 1.54) is 0 Å². The first-order valence-electron chi connectivity index (χ1n) is 4.44. The van der Waals surface area contributed by atoms with E-state index < -0.39 is 5.91 Å². The van der Waals surface area contributed by atoms with Crippen molar-refractivity contribution in [3.8, 4) is 17.6 Å². The highest BCUT2D eigenvalue weighted by Crippen LogP contribution is 2.16. The lowest BCUT2D eigenvalue weighted by molar-refractivity contribution is -0.123. The third-order valence-electron chi connectivity index (χ3n) is 1.67. The Kier molecular flexibility index (Phi) is 4.57. The van der Waals surface area contributed by atoms with Gasteiger partial charge in [0, 0.05) is 0 Å². The molecule has 5 heteroatoms. The first-order valence-corrected chi connectivity index (χ1v) is 4.44. The largest absolute Gasteiger partial charge is 0.482 e. The Labute approximate surface area is 92.6 Å². The van der Waals surface area contributed by atoms with Gasteiger partial charge in [0.2, 0.25) is 0 Å². The Balaban J connectivity index is 2.78. The summed E-state index contributed by atoms with van der Waals surface area (Å²) in [5, 5.41) is 0. The van der Waals surface area contributed by atoms with Gasteiger partial charge < -0.3 is 4.74 Å². The van der Waals surface area contributed by atoms with Gasteiger partial charge in [-0.2, -0.15) is 0 Å². The van der Waals surface area contributed by atoms with Crippen LogP contribution in [0.3, 0.4) is 0 Å². The molecule has 0 fully saturated rings. The first kappa shape index (κ1) is 11.8. The average Bonchev–Trinajstić information content (AvgIpc) is 2.34. The van der Waals surface area contributed by atoms with Crippen LogP contribution in [-0.4, -0.2) is 18.8 Å². The van der Waals surface area contributed by atoms with Gasteiger partial charge in [-0.3, -0.25) is 15.0 Å². The van der Waals surface area contributed by atoms with Crippen LogP contribution in [0.4, 0.5) is 0 Å². The molecule has 16 heavy (non-hydrogen) atoms. The molecule has 0 aliphatic rings. The van der Waals surface area contributed by atoms with E-state index in [2.05, 4.69) is 11.8 Å². The number of para-hydroxylation sites is 1. The number of rotatable bonds is 3. The molecule has 0 radical (unpaired) electrons. The normalized spacial score (nSPS) is 8.56. The number of hydrogen-bond donors (Lipinski definition) is 2. The van der Waals surface area contributed by atoms with Gasteiger partial charge in [0.05, 0.1) is 5.56 Å². The van der Waals surface area contributed by atoms with Crippen LogP contribution in [0.25, 0.3) is 0 Å². The van der Waals surface area contributed by atoms with Crippen molar-refractivity contribution in [2.45, 2.75) is 0 Å². The minimum Gasteiger partial charge on any atom is -0.482 e. The second kappa shape index (κ2) is 6.22. The van der Waals surface area contributed by atoms with Gasteiger partial charge >= 0.3 is 0 Å². The molecule has 0 heterocycles. The molecule has 0 saturated carbocycles. The molecular weight excluding hydrogens is 208 g/mol. The van der Waals surface area contributed by atoms with Crippen LogP contribution in [0.1, 0.15) is 5.56 Å². The second-order valence-corrected chi connectivity index (χ2v) is 2.74.